The van der Waals surface area contributed by atoms with E-state index in [2.05, 4.69) is 10.3 Å². The van der Waals surface area contributed by atoms with E-state index in [1.165, 1.54) is 11.1 Å². The van der Waals surface area contributed by atoms with Crippen molar-refractivity contribution in [1.82, 2.24) is 4.98 Å². The summed E-state index contributed by atoms with van der Waals surface area (Å²) in [5.41, 5.74) is 1.69. The van der Waals surface area contributed by atoms with Gasteiger partial charge in [-0.15, -0.1) is 0 Å². The molecule has 1 unspecified atom stereocenters. The number of aromatic nitrogens is 1. The van der Waals surface area contributed by atoms with Gasteiger partial charge in [-0.2, -0.15) is 0 Å². The van der Waals surface area contributed by atoms with Crippen LogP contribution in [0.1, 0.15) is 17.3 Å². The Kier molecular flexibility index (Phi) is 3.50. The molecule has 6 heteroatoms. The standard InChI is InChI=1S/C16H15N3O3/c1-10-16(21)19(2)13-8-12(5-6-14(13)22-10)18-15(20)11-4-3-7-17-9-11/h3-10H,1-2H3,(H,18,20). The molecule has 1 aliphatic rings. The van der Waals surface area contributed by atoms with Crippen LogP contribution in [0.25, 0.3) is 0 Å². The minimum atomic E-state index is -0.506. The molecule has 0 fully saturated rings. The van der Waals surface area contributed by atoms with Crippen LogP contribution in [-0.2, 0) is 4.79 Å². The van der Waals surface area contributed by atoms with Gasteiger partial charge in [0.05, 0.1) is 11.3 Å². The van der Waals surface area contributed by atoms with Gasteiger partial charge in [0.25, 0.3) is 11.8 Å². The van der Waals surface area contributed by atoms with Crippen molar-refractivity contribution in [2.75, 3.05) is 17.3 Å². The number of nitrogens with zero attached hydrogens (tertiary/aromatic N) is 2. The molecule has 0 saturated carbocycles. The molecular formula is C16H15N3O3. The molecule has 0 bridgehead atoms. The van der Waals surface area contributed by atoms with E-state index < -0.39 is 6.10 Å². The maximum atomic E-state index is 12.1. The molecule has 112 valence electrons. The fraction of sp³-hybridized carbons (Fsp3) is 0.188. The molecule has 3 rings (SSSR count). The third kappa shape index (κ3) is 2.50. The van der Waals surface area contributed by atoms with Gasteiger partial charge in [-0.05, 0) is 37.3 Å². The van der Waals surface area contributed by atoms with Crippen LogP contribution >= 0.6 is 0 Å². The van der Waals surface area contributed by atoms with Gasteiger partial charge in [0.1, 0.15) is 5.75 Å². The molecule has 1 aromatic heterocycles. The number of hydrogen-bond donors (Lipinski definition) is 1. The Labute approximate surface area is 127 Å². The molecule has 2 aromatic rings. The predicted octanol–water partition coefficient (Wildman–Crippen LogP) is 2.08. The smallest absolute Gasteiger partial charge is 0.267 e. The third-order valence-electron chi connectivity index (χ3n) is 3.48. The van der Waals surface area contributed by atoms with Gasteiger partial charge in [0.15, 0.2) is 6.10 Å². The summed E-state index contributed by atoms with van der Waals surface area (Å²) in [5, 5.41) is 2.78. The molecule has 0 spiro atoms. The second-order valence-electron chi connectivity index (χ2n) is 5.04. The number of pyridine rings is 1. The van der Waals surface area contributed by atoms with Crippen LogP contribution < -0.4 is 15.0 Å². The second-order valence-corrected chi connectivity index (χ2v) is 5.04. The van der Waals surface area contributed by atoms with E-state index in [0.29, 0.717) is 22.7 Å². The molecule has 2 heterocycles. The molecule has 0 saturated heterocycles. The Bertz CT molecular complexity index is 731. The zero-order valence-electron chi connectivity index (χ0n) is 12.2. The zero-order valence-corrected chi connectivity index (χ0v) is 12.2. The first-order chi connectivity index (χ1) is 10.6. The highest BCUT2D eigenvalue weighted by Gasteiger charge is 2.29. The zero-order chi connectivity index (χ0) is 15.7. The van der Waals surface area contributed by atoms with Crippen LogP contribution in [0.4, 0.5) is 11.4 Å². The highest BCUT2D eigenvalue weighted by molar-refractivity contribution is 6.05. The van der Waals surface area contributed by atoms with E-state index in [1.54, 1.807) is 50.5 Å². The van der Waals surface area contributed by atoms with Crippen molar-refractivity contribution in [1.29, 1.82) is 0 Å². The molecule has 2 amide bonds. The molecule has 1 N–H and O–H groups in total. The molecule has 1 aliphatic heterocycles. The lowest BCUT2D eigenvalue weighted by Gasteiger charge is -2.30. The Hall–Kier alpha value is -2.89. The van der Waals surface area contributed by atoms with Crippen molar-refractivity contribution in [3.8, 4) is 5.75 Å². The number of carbonyl (C=O) groups is 2. The van der Waals surface area contributed by atoms with Gasteiger partial charge in [-0.1, -0.05) is 0 Å². The number of likely N-dealkylation sites (N-methyl/N-ethyl adjacent to an activating group) is 1. The summed E-state index contributed by atoms with van der Waals surface area (Å²) >= 11 is 0. The maximum Gasteiger partial charge on any atom is 0.267 e. The molecule has 0 radical (unpaired) electrons. The van der Waals surface area contributed by atoms with Crippen LogP contribution in [-0.4, -0.2) is 29.9 Å². The topological polar surface area (TPSA) is 71.5 Å². The number of nitrogens with one attached hydrogen (secondary N) is 1. The normalized spacial score (nSPS) is 16.7. The molecule has 1 atom stereocenters. The maximum absolute atomic E-state index is 12.1. The first-order valence-corrected chi connectivity index (χ1v) is 6.86. The van der Waals surface area contributed by atoms with Crippen molar-refractivity contribution in [3.05, 3.63) is 48.3 Å². The van der Waals surface area contributed by atoms with Crippen molar-refractivity contribution in [2.45, 2.75) is 13.0 Å². The Balaban J connectivity index is 1.85. The SMILES string of the molecule is CC1Oc2ccc(NC(=O)c3cccnc3)cc2N(C)C1=O. The fourth-order valence-electron chi connectivity index (χ4n) is 2.29. The first-order valence-electron chi connectivity index (χ1n) is 6.86. The average molecular weight is 297 g/mol. The van der Waals surface area contributed by atoms with Gasteiger partial charge in [0.2, 0.25) is 0 Å². The summed E-state index contributed by atoms with van der Waals surface area (Å²) in [4.78, 5) is 29.5. The van der Waals surface area contributed by atoms with Crippen LogP contribution in [0.2, 0.25) is 0 Å². The molecule has 22 heavy (non-hydrogen) atoms. The summed E-state index contributed by atoms with van der Waals surface area (Å²) in [6.07, 6.45) is 2.59. The number of amides is 2. The Morgan fingerprint density at radius 1 is 1.36 bits per heavy atom. The number of anilines is 2. The van der Waals surface area contributed by atoms with E-state index in [-0.39, 0.29) is 11.8 Å². The van der Waals surface area contributed by atoms with E-state index in [1.807, 2.05) is 0 Å². The number of carbonyl (C=O) groups excluding carboxylic acids is 2. The van der Waals surface area contributed by atoms with Gasteiger partial charge in [-0.25, -0.2) is 0 Å². The lowest BCUT2D eigenvalue weighted by molar-refractivity contribution is -0.125. The molecule has 6 nitrogen and oxygen atoms in total. The van der Waals surface area contributed by atoms with Crippen molar-refractivity contribution < 1.29 is 14.3 Å². The summed E-state index contributed by atoms with van der Waals surface area (Å²) in [5.74, 6) is 0.240. The van der Waals surface area contributed by atoms with Crippen molar-refractivity contribution in [2.24, 2.45) is 0 Å². The summed E-state index contributed by atoms with van der Waals surface area (Å²) < 4.78 is 5.55. The van der Waals surface area contributed by atoms with Crippen LogP contribution in [0.5, 0.6) is 5.75 Å². The van der Waals surface area contributed by atoms with Gasteiger partial charge in [0, 0.05) is 25.1 Å². The average Bonchev–Trinajstić information content (AvgIpc) is 2.54. The largest absolute Gasteiger partial charge is 0.479 e. The highest BCUT2D eigenvalue weighted by atomic mass is 16.5. The van der Waals surface area contributed by atoms with Crippen LogP contribution in [0.3, 0.4) is 0 Å². The van der Waals surface area contributed by atoms with Gasteiger partial charge in [-0.3, -0.25) is 14.6 Å². The number of ether oxygens (including phenoxy) is 1. The molecular weight excluding hydrogens is 282 g/mol. The quantitative estimate of drug-likeness (QED) is 0.921. The first kappa shape index (κ1) is 14.1. The van der Waals surface area contributed by atoms with Crippen molar-refractivity contribution in [3.63, 3.8) is 0 Å². The van der Waals surface area contributed by atoms with E-state index in [0.717, 1.165) is 0 Å². The number of benzene rings is 1. The van der Waals surface area contributed by atoms with E-state index in [4.69, 9.17) is 4.74 Å². The van der Waals surface area contributed by atoms with E-state index >= 15 is 0 Å². The predicted molar refractivity (Wildman–Crippen MR) is 82.1 cm³/mol. The minimum absolute atomic E-state index is 0.122. The van der Waals surface area contributed by atoms with Gasteiger partial charge < -0.3 is 15.0 Å². The summed E-state index contributed by atoms with van der Waals surface area (Å²) in [7, 11) is 1.69. The lowest BCUT2D eigenvalue weighted by atomic mass is 10.1. The monoisotopic (exact) mass is 297 g/mol. The summed E-state index contributed by atoms with van der Waals surface area (Å²) in [6, 6.07) is 8.58. The lowest BCUT2D eigenvalue weighted by Crippen LogP contribution is -2.41. The van der Waals surface area contributed by atoms with E-state index in [9.17, 15) is 9.59 Å². The fourth-order valence-corrected chi connectivity index (χ4v) is 2.29. The molecule has 0 aliphatic carbocycles. The Morgan fingerprint density at radius 3 is 2.91 bits per heavy atom. The summed E-state index contributed by atoms with van der Waals surface area (Å²) in [6.45, 7) is 1.71. The highest BCUT2D eigenvalue weighted by Crippen LogP contribution is 2.35. The van der Waals surface area contributed by atoms with Gasteiger partial charge >= 0.3 is 0 Å². The molecule has 1 aromatic carbocycles. The third-order valence-corrected chi connectivity index (χ3v) is 3.48. The minimum Gasteiger partial charge on any atom is -0.479 e. The Morgan fingerprint density at radius 2 is 2.18 bits per heavy atom. The number of hydrogen-bond acceptors (Lipinski definition) is 4. The van der Waals surface area contributed by atoms with Crippen LogP contribution in [0.15, 0.2) is 42.7 Å². The van der Waals surface area contributed by atoms with Crippen LogP contribution in [0, 0.1) is 0 Å². The van der Waals surface area contributed by atoms with Crippen molar-refractivity contribution >= 4 is 23.2 Å². The number of rotatable bonds is 2. The second kappa shape index (κ2) is 5.48. The number of fused-ring (bicyclic) bond motifs is 1.